The van der Waals surface area contributed by atoms with Crippen molar-refractivity contribution in [2.75, 3.05) is 38.0 Å². The predicted molar refractivity (Wildman–Crippen MR) is 104 cm³/mol. The Morgan fingerprint density at radius 3 is 2.82 bits per heavy atom. The Kier molecular flexibility index (Phi) is 5.71. The molecule has 1 aromatic carbocycles. The molecule has 1 unspecified atom stereocenters. The number of guanidine groups is 1. The summed E-state index contributed by atoms with van der Waals surface area (Å²) in [6.45, 7) is 7.77. The number of hydrogen-bond acceptors (Lipinski definition) is 6. The second-order valence-corrected chi connectivity index (χ2v) is 7.85. The third-order valence-corrected chi connectivity index (χ3v) is 4.37. The molecule has 9 heteroatoms. The molecular weight excluding hydrogens is 365 g/mol. The fraction of sp³-hybridized carbons (Fsp3) is 0.526. The molecule has 3 rings (SSSR count). The number of halogens is 1. The van der Waals surface area contributed by atoms with Crippen LogP contribution in [0, 0.1) is 5.82 Å². The van der Waals surface area contributed by atoms with Crippen molar-refractivity contribution in [3.8, 4) is 0 Å². The number of rotatable bonds is 3. The Morgan fingerprint density at radius 1 is 1.32 bits per heavy atom. The number of aliphatic imine (C=N–C) groups is 1. The van der Waals surface area contributed by atoms with Crippen LogP contribution in [-0.2, 0) is 9.53 Å². The van der Waals surface area contributed by atoms with Crippen LogP contribution < -0.4 is 10.6 Å². The van der Waals surface area contributed by atoms with E-state index in [9.17, 15) is 14.0 Å². The molecule has 2 aliphatic rings. The van der Waals surface area contributed by atoms with Crippen LogP contribution >= 0.6 is 0 Å². The van der Waals surface area contributed by atoms with Crippen molar-refractivity contribution >= 4 is 23.6 Å². The number of amides is 2. The van der Waals surface area contributed by atoms with Gasteiger partial charge in [0.15, 0.2) is 5.96 Å². The van der Waals surface area contributed by atoms with Gasteiger partial charge in [-0.1, -0.05) is 6.07 Å². The van der Waals surface area contributed by atoms with E-state index in [1.54, 1.807) is 11.0 Å². The van der Waals surface area contributed by atoms with Crippen molar-refractivity contribution in [3.63, 3.8) is 0 Å². The molecule has 2 aliphatic heterocycles. The quantitative estimate of drug-likeness (QED) is 0.818. The van der Waals surface area contributed by atoms with Crippen LogP contribution in [0.3, 0.4) is 0 Å². The number of benzene rings is 1. The number of carbonyl (C=O) groups is 2. The van der Waals surface area contributed by atoms with E-state index < -0.39 is 11.4 Å². The van der Waals surface area contributed by atoms with E-state index >= 15 is 0 Å². The van der Waals surface area contributed by atoms with Gasteiger partial charge in [-0.15, -0.1) is 0 Å². The number of ether oxygens (including phenoxy) is 1. The second kappa shape index (κ2) is 8.04. The first-order valence-corrected chi connectivity index (χ1v) is 9.29. The summed E-state index contributed by atoms with van der Waals surface area (Å²) in [7, 11) is 0. The number of piperazine rings is 1. The molecule has 8 nitrogen and oxygen atoms in total. The minimum Gasteiger partial charge on any atom is -0.444 e. The molecule has 2 N–H and O–H groups in total. The Bertz CT molecular complexity index is 777. The van der Waals surface area contributed by atoms with E-state index in [0.29, 0.717) is 37.8 Å². The SMILES string of the molecule is CC(C)(C)OC(=O)N1CCN2C(NCC(=O)Nc3cccc(F)c3)=NCC2C1. The Balaban J connectivity index is 1.47. The zero-order valence-electron chi connectivity index (χ0n) is 16.4. The lowest BCUT2D eigenvalue weighted by Crippen LogP contribution is -2.58. The molecule has 0 bridgehead atoms. The summed E-state index contributed by atoms with van der Waals surface area (Å²) in [6, 6.07) is 5.80. The molecular formula is C19H26FN5O3. The minimum atomic E-state index is -0.526. The number of hydrogen-bond donors (Lipinski definition) is 2. The molecule has 1 saturated heterocycles. The molecule has 28 heavy (non-hydrogen) atoms. The van der Waals surface area contributed by atoms with Crippen LogP contribution in [0.5, 0.6) is 0 Å². The van der Waals surface area contributed by atoms with Gasteiger partial charge in [-0.2, -0.15) is 0 Å². The summed E-state index contributed by atoms with van der Waals surface area (Å²) in [5.74, 6) is -0.0519. The number of nitrogens with zero attached hydrogens (tertiary/aromatic N) is 3. The van der Waals surface area contributed by atoms with Gasteiger partial charge in [0, 0.05) is 25.3 Å². The highest BCUT2D eigenvalue weighted by molar-refractivity contribution is 5.95. The first kappa shape index (κ1) is 19.9. The lowest BCUT2D eigenvalue weighted by molar-refractivity contribution is -0.115. The summed E-state index contributed by atoms with van der Waals surface area (Å²) < 4.78 is 18.6. The highest BCUT2D eigenvalue weighted by Gasteiger charge is 2.36. The monoisotopic (exact) mass is 391 g/mol. The summed E-state index contributed by atoms with van der Waals surface area (Å²) in [5.41, 5.74) is -0.119. The number of carbonyl (C=O) groups excluding carboxylic acids is 2. The van der Waals surface area contributed by atoms with E-state index in [4.69, 9.17) is 4.74 Å². The van der Waals surface area contributed by atoms with Gasteiger partial charge in [0.05, 0.1) is 19.1 Å². The molecule has 0 saturated carbocycles. The van der Waals surface area contributed by atoms with Crippen molar-refractivity contribution in [3.05, 3.63) is 30.1 Å². The molecule has 0 aromatic heterocycles. The topological polar surface area (TPSA) is 86.3 Å². The first-order chi connectivity index (χ1) is 13.2. The van der Waals surface area contributed by atoms with E-state index in [1.807, 2.05) is 20.8 Å². The fourth-order valence-electron chi connectivity index (χ4n) is 3.15. The van der Waals surface area contributed by atoms with Crippen molar-refractivity contribution in [1.82, 2.24) is 15.1 Å². The lowest BCUT2D eigenvalue weighted by Gasteiger charge is -2.39. The molecule has 2 heterocycles. The minimum absolute atomic E-state index is 0.0222. The van der Waals surface area contributed by atoms with Gasteiger partial charge in [-0.05, 0) is 39.0 Å². The van der Waals surface area contributed by atoms with E-state index in [0.717, 1.165) is 0 Å². The molecule has 0 spiro atoms. The van der Waals surface area contributed by atoms with Gasteiger partial charge >= 0.3 is 6.09 Å². The van der Waals surface area contributed by atoms with Gasteiger partial charge < -0.3 is 25.2 Å². The maximum Gasteiger partial charge on any atom is 0.410 e. The number of anilines is 1. The largest absolute Gasteiger partial charge is 0.444 e. The van der Waals surface area contributed by atoms with E-state index in [-0.39, 0.29) is 24.6 Å². The Morgan fingerprint density at radius 2 is 2.11 bits per heavy atom. The van der Waals surface area contributed by atoms with Crippen molar-refractivity contribution in [2.45, 2.75) is 32.4 Å². The third kappa shape index (κ3) is 5.11. The maximum atomic E-state index is 13.2. The van der Waals surface area contributed by atoms with Crippen molar-refractivity contribution < 1.29 is 18.7 Å². The van der Waals surface area contributed by atoms with Gasteiger partial charge in [-0.25, -0.2) is 9.18 Å². The standard InChI is InChI=1S/C19H26FN5O3/c1-19(2,3)28-18(27)24-7-8-25-15(12-24)10-21-17(25)22-11-16(26)23-14-6-4-5-13(20)9-14/h4-6,9,15H,7-8,10-12H2,1-3H3,(H,21,22)(H,23,26). The second-order valence-electron chi connectivity index (χ2n) is 7.85. The highest BCUT2D eigenvalue weighted by atomic mass is 19.1. The van der Waals surface area contributed by atoms with Crippen LogP contribution in [0.15, 0.2) is 29.3 Å². The van der Waals surface area contributed by atoms with E-state index in [1.165, 1.54) is 18.2 Å². The smallest absolute Gasteiger partial charge is 0.410 e. The predicted octanol–water partition coefficient (Wildman–Crippen LogP) is 1.64. The fourth-order valence-corrected chi connectivity index (χ4v) is 3.15. The molecule has 1 aromatic rings. The first-order valence-electron chi connectivity index (χ1n) is 9.29. The van der Waals surface area contributed by atoms with Gasteiger partial charge in [0.25, 0.3) is 0 Å². The van der Waals surface area contributed by atoms with E-state index in [2.05, 4.69) is 20.5 Å². The van der Waals surface area contributed by atoms with Gasteiger partial charge in [-0.3, -0.25) is 9.79 Å². The number of nitrogens with one attached hydrogen (secondary N) is 2. The molecule has 1 atom stereocenters. The van der Waals surface area contributed by atoms with Crippen LogP contribution in [0.25, 0.3) is 0 Å². The van der Waals surface area contributed by atoms with Gasteiger partial charge in [0.1, 0.15) is 11.4 Å². The molecule has 0 aliphatic carbocycles. The summed E-state index contributed by atoms with van der Waals surface area (Å²) >= 11 is 0. The highest BCUT2D eigenvalue weighted by Crippen LogP contribution is 2.18. The summed E-state index contributed by atoms with van der Waals surface area (Å²) in [6.07, 6.45) is -0.317. The molecule has 1 fully saturated rings. The zero-order valence-corrected chi connectivity index (χ0v) is 16.4. The van der Waals surface area contributed by atoms with Crippen LogP contribution in [-0.4, -0.2) is 72.1 Å². The van der Waals surface area contributed by atoms with Crippen molar-refractivity contribution in [2.24, 2.45) is 4.99 Å². The summed E-state index contributed by atoms with van der Waals surface area (Å²) in [4.78, 5) is 32.5. The van der Waals surface area contributed by atoms with Crippen LogP contribution in [0.4, 0.5) is 14.9 Å². The average Bonchev–Trinajstić information content (AvgIpc) is 3.01. The van der Waals surface area contributed by atoms with Gasteiger partial charge in [0.2, 0.25) is 5.91 Å². The lowest BCUT2D eigenvalue weighted by atomic mass is 10.2. The maximum absolute atomic E-state index is 13.2. The Labute approximate surface area is 163 Å². The third-order valence-electron chi connectivity index (χ3n) is 4.37. The molecule has 152 valence electrons. The van der Waals surface area contributed by atoms with Crippen LogP contribution in [0.2, 0.25) is 0 Å². The zero-order chi connectivity index (χ0) is 20.3. The normalized spacial score (nSPS) is 19.0. The molecule has 2 amide bonds. The molecule has 0 radical (unpaired) electrons. The average molecular weight is 391 g/mol. The van der Waals surface area contributed by atoms with Crippen molar-refractivity contribution in [1.29, 1.82) is 0 Å². The van der Waals surface area contributed by atoms with Crippen LogP contribution in [0.1, 0.15) is 20.8 Å². The number of fused-ring (bicyclic) bond motifs is 1. The Hall–Kier alpha value is -2.84. The summed E-state index contributed by atoms with van der Waals surface area (Å²) in [5, 5.41) is 5.67.